The van der Waals surface area contributed by atoms with Crippen molar-refractivity contribution < 1.29 is 23.5 Å². The smallest absolute Gasteiger partial charge is 0.457 e. The van der Waals surface area contributed by atoms with Crippen LogP contribution in [0.3, 0.4) is 0 Å². The van der Waals surface area contributed by atoms with E-state index in [9.17, 15) is 0 Å². The molecule has 2 unspecified atom stereocenters. The molecule has 0 saturated carbocycles. The molecule has 1 saturated heterocycles. The second-order valence-corrected chi connectivity index (χ2v) is 7.60. The minimum absolute atomic E-state index is 0.121. The topological polar surface area (TPSA) is 50.5 Å². The summed E-state index contributed by atoms with van der Waals surface area (Å²) in [6.45, 7) is 12.3. The van der Waals surface area contributed by atoms with Gasteiger partial charge in [-0.15, -0.1) is 0 Å². The SMILES string of the molecule is [C-]#[N+]c1ccc(Oc2ccc(B3OCC(c4ccccc4)O3)c(COC(C)OCC)c2)cc1. The van der Waals surface area contributed by atoms with E-state index in [1.54, 1.807) is 24.3 Å². The maximum atomic E-state index is 7.08. The molecule has 0 N–H and O–H groups in total. The maximum Gasteiger partial charge on any atom is 0.494 e. The third-order valence-electron chi connectivity index (χ3n) is 5.30. The monoisotopic (exact) mass is 443 g/mol. The molecule has 4 rings (SSSR count). The maximum absolute atomic E-state index is 7.08. The highest BCUT2D eigenvalue weighted by atomic mass is 16.7. The zero-order valence-electron chi connectivity index (χ0n) is 18.8. The zero-order valence-corrected chi connectivity index (χ0v) is 18.8. The Kier molecular flexibility index (Phi) is 7.77. The van der Waals surface area contributed by atoms with Gasteiger partial charge in [0, 0.05) is 6.61 Å². The van der Waals surface area contributed by atoms with Gasteiger partial charge in [-0.25, -0.2) is 4.85 Å². The number of hydrogen-bond acceptors (Lipinski definition) is 5. The molecule has 0 bridgehead atoms. The molecule has 1 aliphatic heterocycles. The first-order valence-corrected chi connectivity index (χ1v) is 11.0. The third kappa shape index (κ3) is 6.01. The highest BCUT2D eigenvalue weighted by Gasteiger charge is 2.35. The highest BCUT2D eigenvalue weighted by molar-refractivity contribution is 6.62. The van der Waals surface area contributed by atoms with Crippen LogP contribution in [0.5, 0.6) is 11.5 Å². The van der Waals surface area contributed by atoms with E-state index in [2.05, 4.69) is 4.85 Å². The summed E-state index contributed by atoms with van der Waals surface area (Å²) in [7, 11) is -0.497. The summed E-state index contributed by atoms with van der Waals surface area (Å²) in [5, 5.41) is 0. The Morgan fingerprint density at radius 2 is 1.79 bits per heavy atom. The van der Waals surface area contributed by atoms with Crippen LogP contribution in [0.25, 0.3) is 4.85 Å². The molecule has 0 aromatic heterocycles. The first kappa shape index (κ1) is 23.0. The molecule has 0 radical (unpaired) electrons. The number of benzene rings is 3. The van der Waals surface area contributed by atoms with Crippen molar-refractivity contribution in [1.29, 1.82) is 0 Å². The van der Waals surface area contributed by atoms with E-state index in [0.29, 0.717) is 37.0 Å². The van der Waals surface area contributed by atoms with E-state index < -0.39 is 7.12 Å². The van der Waals surface area contributed by atoms with Crippen LogP contribution in [0.1, 0.15) is 31.1 Å². The number of nitrogens with zero attached hydrogens (tertiary/aromatic N) is 1. The molecule has 2 atom stereocenters. The summed E-state index contributed by atoms with van der Waals surface area (Å²) in [5.41, 5.74) is 3.45. The van der Waals surface area contributed by atoms with Crippen LogP contribution in [0.4, 0.5) is 5.69 Å². The lowest BCUT2D eigenvalue weighted by atomic mass is 9.76. The van der Waals surface area contributed by atoms with Gasteiger partial charge in [-0.2, -0.15) is 0 Å². The van der Waals surface area contributed by atoms with Crippen LogP contribution in [0.15, 0.2) is 72.8 Å². The van der Waals surface area contributed by atoms with Gasteiger partial charge in [0.15, 0.2) is 12.0 Å². The van der Waals surface area contributed by atoms with Crippen LogP contribution < -0.4 is 10.2 Å². The molecule has 7 heteroatoms. The summed E-state index contributed by atoms with van der Waals surface area (Å²) < 4.78 is 29.7. The summed E-state index contributed by atoms with van der Waals surface area (Å²) in [4.78, 5) is 3.41. The van der Waals surface area contributed by atoms with Crippen LogP contribution >= 0.6 is 0 Å². The number of ether oxygens (including phenoxy) is 3. The van der Waals surface area contributed by atoms with Crippen LogP contribution in [-0.2, 0) is 25.4 Å². The normalized spacial score (nSPS) is 16.4. The number of hydrogen-bond donors (Lipinski definition) is 0. The molecular formula is C26H26BNO5. The molecule has 0 amide bonds. The van der Waals surface area contributed by atoms with Crippen molar-refractivity contribution in [2.24, 2.45) is 0 Å². The van der Waals surface area contributed by atoms with Crippen molar-refractivity contribution in [1.82, 2.24) is 0 Å². The van der Waals surface area contributed by atoms with Gasteiger partial charge in [0.1, 0.15) is 11.5 Å². The predicted molar refractivity (Wildman–Crippen MR) is 127 cm³/mol. The minimum Gasteiger partial charge on any atom is -0.457 e. The van der Waals surface area contributed by atoms with E-state index in [1.807, 2.05) is 62.4 Å². The van der Waals surface area contributed by atoms with E-state index in [1.165, 1.54) is 0 Å². The summed E-state index contributed by atoms with van der Waals surface area (Å²) in [6, 6.07) is 22.8. The van der Waals surface area contributed by atoms with Crippen molar-refractivity contribution in [3.05, 3.63) is 95.3 Å². The Hall–Kier alpha value is -3.15. The Morgan fingerprint density at radius 3 is 2.52 bits per heavy atom. The zero-order chi connectivity index (χ0) is 23.0. The van der Waals surface area contributed by atoms with Crippen molar-refractivity contribution in [3.63, 3.8) is 0 Å². The fourth-order valence-corrected chi connectivity index (χ4v) is 3.62. The molecule has 6 nitrogen and oxygen atoms in total. The first-order valence-electron chi connectivity index (χ1n) is 11.0. The molecular weight excluding hydrogens is 417 g/mol. The van der Waals surface area contributed by atoms with Crippen molar-refractivity contribution >= 4 is 18.3 Å². The van der Waals surface area contributed by atoms with Gasteiger partial charge in [-0.1, -0.05) is 48.5 Å². The summed E-state index contributed by atoms with van der Waals surface area (Å²) in [6.07, 6.45) is -0.458. The molecule has 0 aliphatic carbocycles. The minimum atomic E-state index is -0.497. The Balaban J connectivity index is 1.54. The average molecular weight is 443 g/mol. The van der Waals surface area contributed by atoms with Gasteiger partial charge in [0.25, 0.3) is 0 Å². The predicted octanol–water partition coefficient (Wildman–Crippen LogP) is 5.41. The summed E-state index contributed by atoms with van der Waals surface area (Å²) >= 11 is 0. The van der Waals surface area contributed by atoms with Crippen LogP contribution in [0, 0.1) is 6.57 Å². The van der Waals surface area contributed by atoms with Gasteiger partial charge in [0.2, 0.25) is 0 Å². The quantitative estimate of drug-likeness (QED) is 0.251. The van der Waals surface area contributed by atoms with Crippen molar-refractivity contribution in [2.45, 2.75) is 32.8 Å². The van der Waals surface area contributed by atoms with Gasteiger partial charge in [-0.05, 0) is 54.7 Å². The van der Waals surface area contributed by atoms with E-state index >= 15 is 0 Å². The fraction of sp³-hybridized carbons (Fsp3) is 0.269. The molecule has 3 aromatic rings. The fourth-order valence-electron chi connectivity index (χ4n) is 3.62. The second kappa shape index (κ2) is 11.1. The van der Waals surface area contributed by atoms with Gasteiger partial charge >= 0.3 is 7.12 Å². The highest BCUT2D eigenvalue weighted by Crippen LogP contribution is 2.28. The van der Waals surface area contributed by atoms with Gasteiger partial charge in [0.05, 0.1) is 25.9 Å². The molecule has 1 fully saturated rings. The average Bonchev–Trinajstić information content (AvgIpc) is 3.34. The molecule has 3 aromatic carbocycles. The van der Waals surface area contributed by atoms with E-state index in [4.69, 9.17) is 30.1 Å². The molecule has 168 valence electrons. The Bertz CT molecular complexity index is 1080. The van der Waals surface area contributed by atoms with Crippen LogP contribution in [0.2, 0.25) is 0 Å². The molecule has 33 heavy (non-hydrogen) atoms. The van der Waals surface area contributed by atoms with Crippen LogP contribution in [-0.4, -0.2) is 26.6 Å². The standard InChI is InChI=1S/C26H26BNO5/c1-4-29-19(2)30-17-21-16-24(32-23-12-10-22(28-3)11-13-23)14-15-25(21)27-31-18-26(33-27)20-8-6-5-7-9-20/h5-16,19,26H,4,17-18H2,1-2H3. The van der Waals surface area contributed by atoms with E-state index in [-0.39, 0.29) is 12.4 Å². The van der Waals surface area contributed by atoms with E-state index in [0.717, 1.165) is 16.6 Å². The van der Waals surface area contributed by atoms with Gasteiger partial charge in [-0.3, -0.25) is 0 Å². The molecule has 0 spiro atoms. The number of rotatable bonds is 9. The second-order valence-electron chi connectivity index (χ2n) is 7.60. The van der Waals surface area contributed by atoms with Gasteiger partial charge < -0.3 is 23.5 Å². The largest absolute Gasteiger partial charge is 0.494 e. The van der Waals surface area contributed by atoms with Crippen molar-refractivity contribution in [2.75, 3.05) is 13.2 Å². The molecule has 1 aliphatic rings. The molecule has 1 heterocycles. The third-order valence-corrected chi connectivity index (χ3v) is 5.30. The lowest BCUT2D eigenvalue weighted by molar-refractivity contribution is -0.134. The Morgan fingerprint density at radius 1 is 1.03 bits per heavy atom. The first-order chi connectivity index (χ1) is 16.2. The lowest BCUT2D eigenvalue weighted by Crippen LogP contribution is -2.35. The Labute approximate surface area is 195 Å². The van der Waals surface area contributed by atoms with Crippen molar-refractivity contribution in [3.8, 4) is 11.5 Å². The lowest BCUT2D eigenvalue weighted by Gasteiger charge is -2.17. The summed E-state index contributed by atoms with van der Waals surface area (Å²) in [5.74, 6) is 1.32.